The molecule has 0 aromatic carbocycles. The van der Waals surface area contributed by atoms with Crippen molar-refractivity contribution in [2.24, 2.45) is 11.3 Å². The first-order valence-corrected chi connectivity index (χ1v) is 4.21. The average Bonchev–Trinajstić information content (AvgIpc) is 1.87. The van der Waals surface area contributed by atoms with E-state index in [-0.39, 0.29) is 5.91 Å². The maximum Gasteiger partial charge on any atom is 0.217 e. The lowest BCUT2D eigenvalue weighted by Gasteiger charge is -2.50. The molecule has 2 nitrogen and oxygen atoms in total. The average molecular weight is 155 g/mol. The van der Waals surface area contributed by atoms with Crippen LogP contribution in [0.15, 0.2) is 0 Å². The van der Waals surface area contributed by atoms with Crippen LogP contribution in [0, 0.1) is 11.3 Å². The minimum absolute atomic E-state index is 0.0926. The normalized spacial score (nSPS) is 34.2. The van der Waals surface area contributed by atoms with Crippen LogP contribution in [-0.2, 0) is 4.79 Å². The second kappa shape index (κ2) is 2.50. The minimum atomic E-state index is 0.0926. The van der Waals surface area contributed by atoms with Crippen LogP contribution in [-0.4, -0.2) is 11.9 Å². The van der Waals surface area contributed by atoms with E-state index in [2.05, 4.69) is 26.1 Å². The lowest BCUT2D eigenvalue weighted by atomic mass is 9.59. The van der Waals surface area contributed by atoms with Gasteiger partial charge in [0.1, 0.15) is 0 Å². The summed E-state index contributed by atoms with van der Waals surface area (Å²) in [5.74, 6) is 0.828. The number of carbonyl (C=O) groups is 1. The Morgan fingerprint density at radius 2 is 2.09 bits per heavy atom. The minimum Gasteiger partial charge on any atom is -0.353 e. The third-order valence-corrected chi connectivity index (χ3v) is 3.13. The molecule has 1 aliphatic carbocycles. The molecule has 0 spiro atoms. The van der Waals surface area contributed by atoms with Crippen molar-refractivity contribution in [3.63, 3.8) is 0 Å². The predicted octanol–water partition coefficient (Wildman–Crippen LogP) is 1.56. The SMILES string of the molecule is CC(=O)NC1C[C@H](C)C1(C)C. The van der Waals surface area contributed by atoms with E-state index in [4.69, 9.17) is 0 Å². The third kappa shape index (κ3) is 1.39. The van der Waals surface area contributed by atoms with Gasteiger partial charge in [-0.05, 0) is 17.8 Å². The van der Waals surface area contributed by atoms with Gasteiger partial charge in [0.25, 0.3) is 0 Å². The van der Waals surface area contributed by atoms with E-state index in [1.165, 1.54) is 0 Å². The monoisotopic (exact) mass is 155 g/mol. The Morgan fingerprint density at radius 3 is 2.36 bits per heavy atom. The summed E-state index contributed by atoms with van der Waals surface area (Å²) < 4.78 is 0. The van der Waals surface area contributed by atoms with E-state index in [1.807, 2.05) is 0 Å². The standard InChI is InChI=1S/C9H17NO/c1-6-5-8(9(6,3)4)10-7(2)11/h6,8H,5H2,1-4H3,(H,10,11)/t6-,8?/m0/s1. The Balaban J connectivity index is 2.46. The Labute approximate surface area is 68.4 Å². The molecule has 11 heavy (non-hydrogen) atoms. The van der Waals surface area contributed by atoms with Crippen molar-refractivity contribution in [2.75, 3.05) is 0 Å². The van der Waals surface area contributed by atoms with Crippen molar-refractivity contribution in [1.82, 2.24) is 5.32 Å². The van der Waals surface area contributed by atoms with Gasteiger partial charge in [-0.2, -0.15) is 0 Å². The van der Waals surface area contributed by atoms with E-state index < -0.39 is 0 Å². The van der Waals surface area contributed by atoms with Crippen molar-refractivity contribution in [2.45, 2.75) is 40.2 Å². The fourth-order valence-electron chi connectivity index (χ4n) is 1.63. The highest BCUT2D eigenvalue weighted by molar-refractivity contribution is 5.73. The molecule has 0 saturated heterocycles. The summed E-state index contributed by atoms with van der Waals surface area (Å²) in [5.41, 5.74) is 0.297. The van der Waals surface area contributed by atoms with Crippen LogP contribution in [0.25, 0.3) is 0 Å². The van der Waals surface area contributed by atoms with Gasteiger partial charge < -0.3 is 5.32 Å². The fourth-order valence-corrected chi connectivity index (χ4v) is 1.63. The van der Waals surface area contributed by atoms with Crippen LogP contribution in [0.1, 0.15) is 34.1 Å². The van der Waals surface area contributed by atoms with Gasteiger partial charge in [-0.25, -0.2) is 0 Å². The second-order valence-corrected chi connectivity index (χ2v) is 4.21. The fraction of sp³-hybridized carbons (Fsp3) is 0.889. The van der Waals surface area contributed by atoms with E-state index >= 15 is 0 Å². The van der Waals surface area contributed by atoms with E-state index in [0.29, 0.717) is 11.5 Å². The molecule has 64 valence electrons. The zero-order valence-electron chi connectivity index (χ0n) is 7.77. The summed E-state index contributed by atoms with van der Waals surface area (Å²) >= 11 is 0. The Morgan fingerprint density at radius 1 is 1.55 bits per heavy atom. The Hall–Kier alpha value is -0.530. The van der Waals surface area contributed by atoms with Gasteiger partial charge in [-0.15, -0.1) is 0 Å². The number of hydrogen-bond donors (Lipinski definition) is 1. The molecule has 1 saturated carbocycles. The summed E-state index contributed by atoms with van der Waals surface area (Å²) in [6.07, 6.45) is 1.13. The molecule has 1 rings (SSSR count). The highest BCUT2D eigenvalue weighted by atomic mass is 16.1. The quantitative estimate of drug-likeness (QED) is 0.611. The number of amides is 1. The van der Waals surface area contributed by atoms with Crippen molar-refractivity contribution in [1.29, 1.82) is 0 Å². The molecule has 1 unspecified atom stereocenters. The molecule has 0 aromatic heterocycles. The summed E-state index contributed by atoms with van der Waals surface area (Å²) in [7, 11) is 0. The summed E-state index contributed by atoms with van der Waals surface area (Å²) in [6, 6.07) is 0.398. The smallest absolute Gasteiger partial charge is 0.217 e. The van der Waals surface area contributed by atoms with Gasteiger partial charge in [-0.1, -0.05) is 20.8 Å². The van der Waals surface area contributed by atoms with Gasteiger partial charge in [-0.3, -0.25) is 4.79 Å². The highest BCUT2D eigenvalue weighted by Gasteiger charge is 2.45. The van der Waals surface area contributed by atoms with Crippen molar-refractivity contribution < 1.29 is 4.79 Å². The molecule has 0 heterocycles. The highest BCUT2D eigenvalue weighted by Crippen LogP contribution is 2.45. The molecule has 0 radical (unpaired) electrons. The summed E-state index contributed by atoms with van der Waals surface area (Å²) in [6.45, 7) is 8.24. The van der Waals surface area contributed by atoms with E-state index in [9.17, 15) is 4.79 Å². The predicted molar refractivity (Wildman–Crippen MR) is 45.2 cm³/mol. The van der Waals surface area contributed by atoms with Gasteiger partial charge in [0.2, 0.25) is 5.91 Å². The molecule has 1 aliphatic rings. The lowest BCUT2D eigenvalue weighted by Crippen LogP contribution is -2.56. The summed E-state index contributed by atoms with van der Waals surface area (Å²) in [4.78, 5) is 10.7. The van der Waals surface area contributed by atoms with Crippen LogP contribution in [0.3, 0.4) is 0 Å². The number of nitrogens with one attached hydrogen (secondary N) is 1. The molecule has 0 bridgehead atoms. The third-order valence-electron chi connectivity index (χ3n) is 3.13. The second-order valence-electron chi connectivity index (χ2n) is 4.21. The number of carbonyl (C=O) groups excluding carboxylic acids is 1. The number of rotatable bonds is 1. The van der Waals surface area contributed by atoms with Gasteiger partial charge in [0.05, 0.1) is 0 Å². The largest absolute Gasteiger partial charge is 0.353 e. The Kier molecular flexibility index (Phi) is 1.95. The van der Waals surface area contributed by atoms with Gasteiger partial charge >= 0.3 is 0 Å². The molecular weight excluding hydrogens is 138 g/mol. The number of hydrogen-bond acceptors (Lipinski definition) is 1. The molecule has 0 aliphatic heterocycles. The Bertz CT molecular complexity index is 174. The lowest BCUT2D eigenvalue weighted by molar-refractivity contribution is -0.123. The van der Waals surface area contributed by atoms with Crippen LogP contribution in [0.4, 0.5) is 0 Å². The molecule has 1 fully saturated rings. The first-order valence-electron chi connectivity index (χ1n) is 4.21. The molecular formula is C9H17NO. The van der Waals surface area contributed by atoms with Gasteiger partial charge in [0, 0.05) is 13.0 Å². The molecule has 0 aromatic rings. The first-order chi connectivity index (χ1) is 4.94. The maximum absolute atomic E-state index is 10.7. The molecule has 1 amide bonds. The van der Waals surface area contributed by atoms with Crippen LogP contribution in [0.2, 0.25) is 0 Å². The van der Waals surface area contributed by atoms with Crippen molar-refractivity contribution >= 4 is 5.91 Å². The van der Waals surface area contributed by atoms with Crippen molar-refractivity contribution in [3.05, 3.63) is 0 Å². The van der Waals surface area contributed by atoms with Gasteiger partial charge in [0.15, 0.2) is 0 Å². The van der Waals surface area contributed by atoms with Crippen LogP contribution in [0.5, 0.6) is 0 Å². The zero-order valence-corrected chi connectivity index (χ0v) is 7.77. The maximum atomic E-state index is 10.7. The van der Waals surface area contributed by atoms with E-state index in [0.717, 1.165) is 12.3 Å². The molecule has 2 atom stereocenters. The van der Waals surface area contributed by atoms with Crippen LogP contribution < -0.4 is 5.32 Å². The topological polar surface area (TPSA) is 29.1 Å². The van der Waals surface area contributed by atoms with Crippen LogP contribution >= 0.6 is 0 Å². The zero-order chi connectivity index (χ0) is 8.65. The first kappa shape index (κ1) is 8.57. The molecule has 1 N–H and O–H groups in total. The van der Waals surface area contributed by atoms with E-state index in [1.54, 1.807) is 6.92 Å². The molecule has 2 heteroatoms. The summed E-state index contributed by atoms with van der Waals surface area (Å²) in [5, 5.41) is 2.96. The van der Waals surface area contributed by atoms with Crippen molar-refractivity contribution in [3.8, 4) is 0 Å².